The Kier molecular flexibility index (Phi) is 7.87. The zero-order chi connectivity index (χ0) is 29.2. The van der Waals surface area contributed by atoms with E-state index in [0.717, 1.165) is 45.3 Å². The third kappa shape index (κ3) is 4.68. The second kappa shape index (κ2) is 11.9. The van der Waals surface area contributed by atoms with Crippen LogP contribution in [0, 0.1) is 11.8 Å². The number of benzene rings is 4. The van der Waals surface area contributed by atoms with Crippen molar-refractivity contribution in [1.82, 2.24) is 0 Å². The predicted octanol–water partition coefficient (Wildman–Crippen LogP) is 3.94. The number of nitrogens with two attached hydrogens (primary N) is 2. The quantitative estimate of drug-likeness (QED) is 0.338. The van der Waals surface area contributed by atoms with Crippen molar-refractivity contribution in [3.05, 3.63) is 119 Å². The minimum atomic E-state index is -0.348. The number of piperidine rings is 2. The van der Waals surface area contributed by atoms with Gasteiger partial charge in [-0.15, -0.1) is 0 Å². The molecule has 7 nitrogen and oxygen atoms in total. The zero-order valence-electron chi connectivity index (χ0n) is 24.4. The van der Waals surface area contributed by atoms with E-state index >= 15 is 4.79 Å². The standard InChI is InChI=1S/C35H36N2O5/c1-39-25-17-9-5-13-21(25)31-29-32(22-14-6-10-18-26(22)40-2)37-34(24-16-8-12-20-28(24)42-4)30(35(29)38)33(36-31)23-15-7-11-19-27(23)41-3/h5-20,29-34,36-37H,1-4H3/p+2/t29?,30?,31-,32+,33-,34+. The molecule has 0 amide bonds. The van der Waals surface area contributed by atoms with Crippen LogP contribution >= 0.6 is 0 Å². The summed E-state index contributed by atoms with van der Waals surface area (Å²) >= 11 is 0. The van der Waals surface area contributed by atoms with Crippen LogP contribution in [0.25, 0.3) is 0 Å². The molecule has 2 aliphatic rings. The molecule has 7 heteroatoms. The van der Waals surface area contributed by atoms with Gasteiger partial charge in [0.15, 0.2) is 5.78 Å². The first-order valence-electron chi connectivity index (χ1n) is 14.4. The topological polar surface area (TPSA) is 87.2 Å². The van der Waals surface area contributed by atoms with E-state index in [2.05, 4.69) is 34.9 Å². The third-order valence-corrected chi connectivity index (χ3v) is 9.03. The lowest BCUT2D eigenvalue weighted by molar-refractivity contribution is -0.815. The van der Waals surface area contributed by atoms with Gasteiger partial charge in [-0.3, -0.25) is 4.79 Å². The van der Waals surface area contributed by atoms with Crippen molar-refractivity contribution in [2.75, 3.05) is 28.4 Å². The summed E-state index contributed by atoms with van der Waals surface area (Å²) in [5.41, 5.74) is 4.00. The highest BCUT2D eigenvalue weighted by molar-refractivity contribution is 5.88. The molecule has 2 bridgehead atoms. The van der Waals surface area contributed by atoms with Crippen molar-refractivity contribution in [2.24, 2.45) is 11.8 Å². The molecule has 2 fully saturated rings. The van der Waals surface area contributed by atoms with Crippen molar-refractivity contribution in [2.45, 2.75) is 24.2 Å². The first-order chi connectivity index (χ1) is 20.6. The summed E-state index contributed by atoms with van der Waals surface area (Å²) < 4.78 is 23.4. The van der Waals surface area contributed by atoms with Crippen molar-refractivity contribution < 1.29 is 34.4 Å². The number of hydrogen-bond donors (Lipinski definition) is 2. The van der Waals surface area contributed by atoms with Crippen molar-refractivity contribution >= 4 is 5.78 Å². The van der Waals surface area contributed by atoms with E-state index in [4.69, 9.17) is 18.9 Å². The number of para-hydroxylation sites is 4. The molecule has 6 rings (SSSR count). The monoisotopic (exact) mass is 566 g/mol. The minimum absolute atomic E-state index is 0.204. The molecule has 4 aromatic rings. The lowest BCUT2D eigenvalue weighted by Gasteiger charge is -2.48. The Balaban J connectivity index is 1.59. The predicted molar refractivity (Wildman–Crippen MR) is 159 cm³/mol. The fourth-order valence-electron chi connectivity index (χ4n) is 7.26. The Morgan fingerprint density at radius 3 is 0.905 bits per heavy atom. The number of Topliss-reactive ketones (excluding diaryl/α,β-unsaturated/α-hetero) is 1. The number of methoxy groups -OCH3 is 4. The molecule has 0 aromatic heterocycles. The van der Waals surface area contributed by atoms with Gasteiger partial charge in [-0.2, -0.15) is 0 Å². The molecule has 2 unspecified atom stereocenters. The summed E-state index contributed by atoms with van der Waals surface area (Å²) in [6, 6.07) is 31.3. The van der Waals surface area contributed by atoms with Crippen LogP contribution in [-0.2, 0) is 4.79 Å². The SMILES string of the molecule is COc1ccccc1[C@H]1[NH2+][C@H](c2ccccc2OC)C2C(=O)C1[C@H](c1ccccc1OC)[NH2+][C@H]2c1ccccc1OC. The largest absolute Gasteiger partial charge is 0.496 e. The van der Waals surface area contributed by atoms with Gasteiger partial charge in [-0.25, -0.2) is 0 Å². The number of fused-ring (bicyclic) bond motifs is 2. The van der Waals surface area contributed by atoms with Gasteiger partial charge in [-0.1, -0.05) is 48.5 Å². The van der Waals surface area contributed by atoms with Crippen LogP contribution in [0.4, 0.5) is 0 Å². The number of hydrogen-bond acceptors (Lipinski definition) is 5. The maximum absolute atomic E-state index is 15.1. The van der Waals surface area contributed by atoms with Crippen LogP contribution < -0.4 is 29.6 Å². The second-order valence-electron chi connectivity index (χ2n) is 10.9. The Hall–Kier alpha value is -4.33. The lowest BCUT2D eigenvalue weighted by Crippen LogP contribution is -3.02. The highest BCUT2D eigenvalue weighted by Gasteiger charge is 2.62. The van der Waals surface area contributed by atoms with E-state index in [0.29, 0.717) is 0 Å². The average molecular weight is 567 g/mol. The normalized spacial score (nSPS) is 25.0. The third-order valence-electron chi connectivity index (χ3n) is 9.03. The Morgan fingerprint density at radius 1 is 0.429 bits per heavy atom. The number of quaternary nitrogens is 2. The molecular formula is C35H38N2O5+2. The molecule has 0 saturated carbocycles. The van der Waals surface area contributed by atoms with Gasteiger partial charge >= 0.3 is 0 Å². The molecule has 0 radical (unpaired) electrons. The van der Waals surface area contributed by atoms with Crippen LogP contribution in [0.5, 0.6) is 23.0 Å². The van der Waals surface area contributed by atoms with Crippen LogP contribution in [0.2, 0.25) is 0 Å². The number of carbonyl (C=O) groups is 1. The van der Waals surface area contributed by atoms with Crippen molar-refractivity contribution in [1.29, 1.82) is 0 Å². The number of rotatable bonds is 8. The zero-order valence-corrected chi connectivity index (χ0v) is 24.4. The minimum Gasteiger partial charge on any atom is -0.496 e. The smallest absolute Gasteiger partial charge is 0.164 e. The Morgan fingerprint density at radius 2 is 0.667 bits per heavy atom. The highest BCUT2D eigenvalue weighted by Crippen LogP contribution is 2.49. The van der Waals surface area contributed by atoms with Gasteiger partial charge in [0, 0.05) is 0 Å². The molecule has 216 valence electrons. The number of carbonyl (C=O) groups excluding carboxylic acids is 1. The summed E-state index contributed by atoms with van der Waals surface area (Å²) in [4.78, 5) is 15.1. The Bertz CT molecular complexity index is 1350. The van der Waals surface area contributed by atoms with Crippen LogP contribution in [0.1, 0.15) is 46.4 Å². The molecule has 2 saturated heterocycles. The van der Waals surface area contributed by atoms with Gasteiger partial charge in [0.05, 0.1) is 50.7 Å². The second-order valence-corrected chi connectivity index (χ2v) is 10.9. The van der Waals surface area contributed by atoms with Gasteiger partial charge in [0.1, 0.15) is 59.0 Å². The van der Waals surface area contributed by atoms with E-state index in [-0.39, 0.29) is 41.8 Å². The summed E-state index contributed by atoms with van der Waals surface area (Å²) in [7, 11) is 6.75. The van der Waals surface area contributed by atoms with E-state index in [1.165, 1.54) is 0 Å². The maximum Gasteiger partial charge on any atom is 0.164 e. The maximum atomic E-state index is 15.1. The van der Waals surface area contributed by atoms with Gasteiger partial charge in [0.2, 0.25) is 0 Å². The van der Waals surface area contributed by atoms with Gasteiger partial charge < -0.3 is 29.6 Å². The Labute approximate surface area is 246 Å². The van der Waals surface area contributed by atoms with E-state index in [1.807, 2.05) is 72.8 Å². The van der Waals surface area contributed by atoms with Crippen molar-refractivity contribution in [3.63, 3.8) is 0 Å². The summed E-state index contributed by atoms with van der Waals surface area (Å²) in [6.07, 6.45) is 0. The highest BCUT2D eigenvalue weighted by atomic mass is 16.5. The molecule has 42 heavy (non-hydrogen) atoms. The fourth-order valence-corrected chi connectivity index (χ4v) is 7.26. The van der Waals surface area contributed by atoms with E-state index < -0.39 is 0 Å². The molecule has 0 spiro atoms. The summed E-state index contributed by atoms with van der Waals surface area (Å²) in [6.45, 7) is 0. The van der Waals surface area contributed by atoms with Crippen LogP contribution in [0.15, 0.2) is 97.1 Å². The molecule has 0 aliphatic carbocycles. The average Bonchev–Trinajstić information content (AvgIpc) is 3.05. The van der Waals surface area contributed by atoms with Crippen molar-refractivity contribution in [3.8, 4) is 23.0 Å². The summed E-state index contributed by atoms with van der Waals surface area (Å²) in [5, 5.41) is 4.73. The fraction of sp³-hybridized carbons (Fsp3) is 0.286. The lowest BCUT2D eigenvalue weighted by atomic mass is 9.63. The van der Waals surface area contributed by atoms with E-state index in [1.54, 1.807) is 28.4 Å². The summed E-state index contributed by atoms with van der Waals surface area (Å²) in [5.74, 6) is 2.62. The van der Waals surface area contributed by atoms with Crippen LogP contribution in [-0.4, -0.2) is 34.2 Å². The molecule has 2 aliphatic heterocycles. The number of ether oxygens (including phenoxy) is 4. The van der Waals surface area contributed by atoms with Gasteiger partial charge in [-0.05, 0) is 48.5 Å². The first-order valence-corrected chi connectivity index (χ1v) is 14.4. The first kappa shape index (κ1) is 27.8. The molecule has 4 N–H and O–H groups in total. The molecule has 4 aromatic carbocycles. The molecular weight excluding hydrogens is 528 g/mol. The molecule has 6 atom stereocenters. The van der Waals surface area contributed by atoms with Crippen LogP contribution in [0.3, 0.4) is 0 Å². The van der Waals surface area contributed by atoms with E-state index in [9.17, 15) is 0 Å². The van der Waals surface area contributed by atoms with Gasteiger partial charge in [0.25, 0.3) is 0 Å². The number of ketones is 1. The molecule has 2 heterocycles.